The van der Waals surface area contributed by atoms with Crippen LogP contribution in [0, 0.1) is 13.8 Å². The molecule has 5 nitrogen and oxygen atoms in total. The molecule has 4 rings (SSSR count). The standard InChI is InChI=1S/C22H20ClF3N4O/c1-12-3-4-16(22(24,25)26)15(7-12)21(31)30-6-5-14(11-30)28-20-10-27-18-9-17(23)13(2)8-19(18)29-20/h3-4,7-10,14H,5-6,11H2,1-2H3,(H,28,29). The number of carbonyl (C=O) groups excluding carboxylic acids is 1. The van der Waals surface area contributed by atoms with Crippen molar-refractivity contribution in [3.8, 4) is 0 Å². The molecule has 9 heteroatoms. The minimum Gasteiger partial charge on any atom is -0.364 e. The number of likely N-dealkylation sites (tertiary alicyclic amines) is 1. The molecule has 1 fully saturated rings. The van der Waals surface area contributed by atoms with E-state index in [0.29, 0.717) is 40.4 Å². The Morgan fingerprint density at radius 2 is 1.97 bits per heavy atom. The molecule has 0 spiro atoms. The van der Waals surface area contributed by atoms with Gasteiger partial charge in [0.05, 0.1) is 28.4 Å². The summed E-state index contributed by atoms with van der Waals surface area (Å²) < 4.78 is 40.1. The molecule has 1 unspecified atom stereocenters. The number of nitrogens with one attached hydrogen (secondary N) is 1. The normalized spacial score (nSPS) is 16.7. The lowest BCUT2D eigenvalue weighted by Gasteiger charge is -2.20. The van der Waals surface area contributed by atoms with Crippen LogP contribution < -0.4 is 5.32 Å². The van der Waals surface area contributed by atoms with Crippen molar-refractivity contribution >= 4 is 34.4 Å². The third-order valence-corrected chi connectivity index (χ3v) is 5.77. The van der Waals surface area contributed by atoms with Crippen LogP contribution in [-0.4, -0.2) is 39.9 Å². The molecular formula is C22H20ClF3N4O. The second-order valence-corrected chi connectivity index (χ2v) is 8.18. The predicted molar refractivity (Wildman–Crippen MR) is 113 cm³/mol. The van der Waals surface area contributed by atoms with Crippen LogP contribution in [-0.2, 0) is 6.18 Å². The van der Waals surface area contributed by atoms with Crippen LogP contribution in [0.1, 0.15) is 33.5 Å². The highest BCUT2D eigenvalue weighted by Gasteiger charge is 2.37. The first kappa shape index (κ1) is 21.4. The molecule has 1 amide bonds. The topological polar surface area (TPSA) is 58.1 Å². The lowest BCUT2D eigenvalue weighted by Crippen LogP contribution is -2.33. The molecule has 1 atom stereocenters. The van der Waals surface area contributed by atoms with Gasteiger partial charge in [0.2, 0.25) is 0 Å². The fraction of sp³-hybridized carbons (Fsp3) is 0.318. The van der Waals surface area contributed by atoms with Crippen molar-refractivity contribution in [3.63, 3.8) is 0 Å². The van der Waals surface area contributed by atoms with E-state index in [1.807, 2.05) is 13.0 Å². The molecule has 1 saturated heterocycles. The SMILES string of the molecule is Cc1ccc(C(F)(F)F)c(C(=O)N2CCC(Nc3cnc4cc(Cl)c(C)cc4n3)C2)c1. The number of rotatable bonds is 3. The number of carbonyl (C=O) groups is 1. The van der Waals surface area contributed by atoms with Crippen LogP contribution in [0.4, 0.5) is 19.0 Å². The number of hydrogen-bond donors (Lipinski definition) is 1. The molecular weight excluding hydrogens is 429 g/mol. The van der Waals surface area contributed by atoms with Crippen LogP contribution in [0.25, 0.3) is 11.0 Å². The lowest BCUT2D eigenvalue weighted by atomic mass is 10.0. The Labute approximate surface area is 182 Å². The Balaban J connectivity index is 1.50. The third kappa shape index (κ3) is 4.44. The summed E-state index contributed by atoms with van der Waals surface area (Å²) in [6.07, 6.45) is -2.41. The Bertz CT molecular complexity index is 1170. The van der Waals surface area contributed by atoms with Crippen molar-refractivity contribution in [1.82, 2.24) is 14.9 Å². The minimum atomic E-state index is -4.59. The molecule has 1 aliphatic rings. The Kier molecular flexibility index (Phi) is 5.51. The zero-order chi connectivity index (χ0) is 22.3. The second-order valence-electron chi connectivity index (χ2n) is 7.77. The predicted octanol–water partition coefficient (Wildman–Crippen LogP) is 5.25. The number of aryl methyl sites for hydroxylation is 2. The van der Waals surface area contributed by atoms with E-state index in [2.05, 4.69) is 15.3 Å². The zero-order valence-corrected chi connectivity index (χ0v) is 17.7. The van der Waals surface area contributed by atoms with E-state index in [9.17, 15) is 18.0 Å². The van der Waals surface area contributed by atoms with Gasteiger partial charge in [0.15, 0.2) is 0 Å². The van der Waals surface area contributed by atoms with Crippen LogP contribution >= 0.6 is 11.6 Å². The lowest BCUT2D eigenvalue weighted by molar-refractivity contribution is -0.138. The van der Waals surface area contributed by atoms with Crippen molar-refractivity contribution < 1.29 is 18.0 Å². The van der Waals surface area contributed by atoms with Crippen LogP contribution in [0.2, 0.25) is 5.02 Å². The van der Waals surface area contributed by atoms with E-state index in [4.69, 9.17) is 11.6 Å². The molecule has 0 radical (unpaired) electrons. The summed E-state index contributed by atoms with van der Waals surface area (Å²) in [5.74, 6) is -0.0738. The van der Waals surface area contributed by atoms with E-state index < -0.39 is 17.6 Å². The number of hydrogen-bond acceptors (Lipinski definition) is 4. The number of nitrogens with zero attached hydrogens (tertiary/aromatic N) is 3. The fourth-order valence-electron chi connectivity index (χ4n) is 3.73. The van der Waals surface area contributed by atoms with Gasteiger partial charge in [-0.05, 0) is 50.1 Å². The number of amides is 1. The van der Waals surface area contributed by atoms with Gasteiger partial charge < -0.3 is 10.2 Å². The van der Waals surface area contributed by atoms with Gasteiger partial charge in [0.1, 0.15) is 5.82 Å². The third-order valence-electron chi connectivity index (χ3n) is 5.36. The van der Waals surface area contributed by atoms with E-state index in [1.165, 1.54) is 17.0 Å². The Morgan fingerprint density at radius 3 is 2.71 bits per heavy atom. The van der Waals surface area contributed by atoms with Gasteiger partial charge in [-0.25, -0.2) is 4.98 Å². The van der Waals surface area contributed by atoms with Crippen molar-refractivity contribution in [2.24, 2.45) is 0 Å². The average molecular weight is 449 g/mol. The van der Waals surface area contributed by atoms with Gasteiger partial charge >= 0.3 is 6.18 Å². The number of aromatic nitrogens is 2. The zero-order valence-electron chi connectivity index (χ0n) is 16.9. The molecule has 0 saturated carbocycles. The number of fused-ring (bicyclic) bond motifs is 1. The van der Waals surface area contributed by atoms with Crippen molar-refractivity contribution in [3.05, 3.63) is 63.8 Å². The summed E-state index contributed by atoms with van der Waals surface area (Å²) >= 11 is 6.12. The van der Waals surface area contributed by atoms with Gasteiger partial charge in [0.25, 0.3) is 5.91 Å². The molecule has 1 aromatic heterocycles. The first-order chi connectivity index (χ1) is 14.6. The Hall–Kier alpha value is -2.87. The van der Waals surface area contributed by atoms with Crippen LogP contribution in [0.15, 0.2) is 36.5 Å². The molecule has 3 aromatic rings. The molecule has 31 heavy (non-hydrogen) atoms. The maximum absolute atomic E-state index is 13.4. The second kappa shape index (κ2) is 8.00. The van der Waals surface area contributed by atoms with Gasteiger partial charge in [-0.3, -0.25) is 9.78 Å². The summed E-state index contributed by atoms with van der Waals surface area (Å²) in [6, 6.07) is 7.08. The monoisotopic (exact) mass is 448 g/mol. The maximum atomic E-state index is 13.4. The number of alkyl halides is 3. The van der Waals surface area contributed by atoms with Gasteiger partial charge in [-0.2, -0.15) is 13.2 Å². The average Bonchev–Trinajstić information content (AvgIpc) is 3.16. The summed E-state index contributed by atoms with van der Waals surface area (Å²) in [5.41, 5.74) is 1.62. The molecule has 1 aliphatic heterocycles. The van der Waals surface area contributed by atoms with E-state index in [-0.39, 0.29) is 18.2 Å². The summed E-state index contributed by atoms with van der Waals surface area (Å²) in [6.45, 7) is 4.18. The first-order valence-electron chi connectivity index (χ1n) is 9.78. The smallest absolute Gasteiger partial charge is 0.364 e. The summed E-state index contributed by atoms with van der Waals surface area (Å²) in [4.78, 5) is 23.2. The largest absolute Gasteiger partial charge is 0.417 e. The summed E-state index contributed by atoms with van der Waals surface area (Å²) in [5, 5.41) is 3.85. The van der Waals surface area contributed by atoms with E-state index >= 15 is 0 Å². The molecule has 2 aromatic carbocycles. The van der Waals surface area contributed by atoms with Crippen molar-refractivity contribution in [2.75, 3.05) is 18.4 Å². The molecule has 162 valence electrons. The Morgan fingerprint density at radius 1 is 1.19 bits per heavy atom. The van der Waals surface area contributed by atoms with Crippen molar-refractivity contribution in [1.29, 1.82) is 0 Å². The maximum Gasteiger partial charge on any atom is 0.417 e. The minimum absolute atomic E-state index is 0.136. The molecule has 0 bridgehead atoms. The highest BCUT2D eigenvalue weighted by atomic mass is 35.5. The molecule has 2 heterocycles. The fourth-order valence-corrected chi connectivity index (χ4v) is 3.89. The van der Waals surface area contributed by atoms with E-state index in [0.717, 1.165) is 11.6 Å². The van der Waals surface area contributed by atoms with Crippen LogP contribution in [0.5, 0.6) is 0 Å². The molecule has 0 aliphatic carbocycles. The number of benzene rings is 2. The van der Waals surface area contributed by atoms with Gasteiger partial charge in [-0.1, -0.05) is 23.2 Å². The number of halogens is 4. The number of anilines is 1. The quantitative estimate of drug-likeness (QED) is 0.595. The molecule has 1 N–H and O–H groups in total. The highest BCUT2D eigenvalue weighted by Crippen LogP contribution is 2.33. The highest BCUT2D eigenvalue weighted by molar-refractivity contribution is 6.32. The van der Waals surface area contributed by atoms with Crippen molar-refractivity contribution in [2.45, 2.75) is 32.5 Å². The van der Waals surface area contributed by atoms with Gasteiger partial charge in [-0.15, -0.1) is 0 Å². The van der Waals surface area contributed by atoms with Crippen LogP contribution in [0.3, 0.4) is 0 Å². The summed E-state index contributed by atoms with van der Waals surface area (Å²) in [7, 11) is 0. The first-order valence-corrected chi connectivity index (χ1v) is 10.2. The van der Waals surface area contributed by atoms with Gasteiger partial charge in [0, 0.05) is 24.2 Å². The van der Waals surface area contributed by atoms with E-state index in [1.54, 1.807) is 19.2 Å².